The molecule has 116 valence electrons. The van der Waals surface area contributed by atoms with Crippen molar-refractivity contribution in [2.75, 3.05) is 5.73 Å². The van der Waals surface area contributed by atoms with E-state index in [9.17, 15) is 0 Å². The van der Waals surface area contributed by atoms with Crippen molar-refractivity contribution in [3.63, 3.8) is 0 Å². The molecule has 0 amide bonds. The molecule has 2 heterocycles. The van der Waals surface area contributed by atoms with Gasteiger partial charge in [0, 0.05) is 17.6 Å². The number of imidazole rings is 1. The largest absolute Gasteiger partial charge is 0.368 e. The molecule has 2 aromatic heterocycles. The molecule has 2 N–H and O–H groups in total. The summed E-state index contributed by atoms with van der Waals surface area (Å²) in [6, 6.07) is 11.9. The van der Waals surface area contributed by atoms with Crippen LogP contribution in [-0.4, -0.2) is 20.9 Å². The van der Waals surface area contributed by atoms with Gasteiger partial charge in [0.15, 0.2) is 0 Å². The van der Waals surface area contributed by atoms with Crippen molar-refractivity contribution in [2.45, 2.75) is 12.8 Å². The number of hydrogen-bond acceptors (Lipinski definition) is 4. The van der Waals surface area contributed by atoms with Gasteiger partial charge in [-0.15, -0.1) is 11.6 Å². The summed E-state index contributed by atoms with van der Waals surface area (Å²) in [7, 11) is 0. The molecule has 6 heteroatoms. The number of pyridine rings is 1. The fourth-order valence-electron chi connectivity index (χ4n) is 2.14. The quantitative estimate of drug-likeness (QED) is 0.590. The van der Waals surface area contributed by atoms with Gasteiger partial charge >= 0.3 is 0 Å². The summed E-state index contributed by atoms with van der Waals surface area (Å²) in [4.78, 5) is 8.51. The van der Waals surface area contributed by atoms with Crippen molar-refractivity contribution >= 4 is 23.8 Å². The molecular formula is C17H16ClN5. The number of nitrogens with zero attached hydrogens (tertiary/aromatic N) is 4. The monoisotopic (exact) mass is 325 g/mol. The first-order chi connectivity index (χ1) is 11.2. The van der Waals surface area contributed by atoms with E-state index in [1.54, 1.807) is 23.3 Å². The van der Waals surface area contributed by atoms with Crippen LogP contribution in [0.15, 0.2) is 53.9 Å². The van der Waals surface area contributed by atoms with Crippen LogP contribution < -0.4 is 5.73 Å². The normalized spacial score (nSPS) is 11.2. The Balaban J connectivity index is 1.77. The van der Waals surface area contributed by atoms with E-state index < -0.39 is 0 Å². The molecule has 0 fully saturated rings. The second kappa shape index (κ2) is 6.62. The topological polar surface area (TPSA) is 69.1 Å². The molecule has 0 saturated heterocycles. The van der Waals surface area contributed by atoms with Gasteiger partial charge in [-0.1, -0.05) is 30.3 Å². The third-order valence-electron chi connectivity index (χ3n) is 3.35. The molecule has 0 atom stereocenters. The number of alkyl halides is 1. The number of benzene rings is 1. The van der Waals surface area contributed by atoms with Crippen LogP contribution in [0, 0.1) is 6.92 Å². The zero-order valence-electron chi connectivity index (χ0n) is 12.6. The maximum absolute atomic E-state index is 5.77. The zero-order chi connectivity index (χ0) is 16.2. The number of nitrogens with two attached hydrogens (primary N) is 1. The zero-order valence-corrected chi connectivity index (χ0v) is 13.4. The molecule has 0 aliphatic heterocycles. The fraction of sp³-hybridized carbons (Fsp3) is 0.118. The number of nitrogen functional groups attached to an aromatic ring is 1. The summed E-state index contributed by atoms with van der Waals surface area (Å²) in [6.07, 6.45) is 5.32. The molecule has 0 radical (unpaired) electrons. The van der Waals surface area contributed by atoms with Gasteiger partial charge in [-0.05, 0) is 24.1 Å². The Bertz CT molecular complexity index is 819. The van der Waals surface area contributed by atoms with E-state index in [4.69, 9.17) is 17.3 Å². The minimum atomic E-state index is 0.374. The van der Waals surface area contributed by atoms with Gasteiger partial charge in [0.05, 0.1) is 23.8 Å². The number of anilines is 1. The van der Waals surface area contributed by atoms with E-state index in [0.717, 1.165) is 28.1 Å². The van der Waals surface area contributed by atoms with Crippen molar-refractivity contribution in [1.29, 1.82) is 0 Å². The first kappa shape index (κ1) is 15.2. The Labute approximate surface area is 139 Å². The molecule has 0 bridgehead atoms. The molecule has 1 aromatic carbocycles. The lowest BCUT2D eigenvalue weighted by atomic mass is 10.1. The molecule has 3 aromatic rings. The maximum atomic E-state index is 5.77. The molecular weight excluding hydrogens is 310 g/mol. The molecule has 0 aliphatic rings. The lowest BCUT2D eigenvalue weighted by molar-refractivity contribution is 0.897. The van der Waals surface area contributed by atoms with Crippen molar-refractivity contribution in [3.05, 3.63) is 65.6 Å². The van der Waals surface area contributed by atoms with Crippen LogP contribution in [0.3, 0.4) is 0 Å². The van der Waals surface area contributed by atoms with Crippen LogP contribution in [0.5, 0.6) is 0 Å². The molecule has 23 heavy (non-hydrogen) atoms. The first-order valence-electron chi connectivity index (χ1n) is 7.13. The van der Waals surface area contributed by atoms with Gasteiger partial charge < -0.3 is 5.73 Å². The molecule has 0 saturated carbocycles. The highest BCUT2D eigenvalue weighted by Crippen LogP contribution is 2.18. The second-order valence-electron chi connectivity index (χ2n) is 5.14. The Morgan fingerprint density at radius 2 is 2.00 bits per heavy atom. The molecule has 5 nitrogen and oxygen atoms in total. The number of aryl methyl sites for hydroxylation is 1. The lowest BCUT2D eigenvalue weighted by Crippen LogP contribution is -1.97. The Kier molecular flexibility index (Phi) is 4.39. The first-order valence-corrected chi connectivity index (χ1v) is 7.66. The third-order valence-corrected chi connectivity index (χ3v) is 3.66. The van der Waals surface area contributed by atoms with E-state index in [1.165, 1.54) is 0 Å². The summed E-state index contributed by atoms with van der Waals surface area (Å²) < 4.78 is 1.55. The Hall–Kier alpha value is -2.66. The summed E-state index contributed by atoms with van der Waals surface area (Å²) in [6.45, 7) is 1.87. The lowest BCUT2D eigenvalue weighted by Gasteiger charge is -2.02. The maximum Gasteiger partial charge on any atom is 0.221 e. The van der Waals surface area contributed by atoms with Crippen molar-refractivity contribution in [3.8, 4) is 11.3 Å². The van der Waals surface area contributed by atoms with Crippen LogP contribution in [0.2, 0.25) is 0 Å². The van der Waals surface area contributed by atoms with Crippen LogP contribution in [0.1, 0.15) is 16.8 Å². The van der Waals surface area contributed by atoms with E-state index >= 15 is 0 Å². The summed E-state index contributed by atoms with van der Waals surface area (Å²) in [5.41, 5.74) is 10.5. The molecule has 0 aliphatic carbocycles. The standard InChI is InChI=1S/C17H16ClN5/c1-12-11-23(17(19)22-12)21-10-13-2-5-15(6-3-13)16-7-4-14(8-18)9-20-16/h2-7,9-11H,8H2,1H3,(H2,19,22). The predicted octanol–water partition coefficient (Wildman–Crippen LogP) is 3.46. The number of rotatable bonds is 4. The summed E-state index contributed by atoms with van der Waals surface area (Å²) >= 11 is 5.77. The van der Waals surface area contributed by atoms with Crippen LogP contribution in [-0.2, 0) is 5.88 Å². The Morgan fingerprint density at radius 1 is 1.22 bits per heavy atom. The van der Waals surface area contributed by atoms with Gasteiger partial charge in [0.25, 0.3) is 0 Å². The van der Waals surface area contributed by atoms with Crippen molar-refractivity contribution in [1.82, 2.24) is 14.6 Å². The van der Waals surface area contributed by atoms with E-state index in [1.807, 2.05) is 43.3 Å². The SMILES string of the molecule is Cc1cn(N=Cc2ccc(-c3ccc(CCl)cn3)cc2)c(N)n1. The van der Waals surface area contributed by atoms with Gasteiger partial charge in [-0.25, -0.2) is 9.66 Å². The third kappa shape index (κ3) is 3.57. The number of halogens is 1. The van der Waals surface area contributed by atoms with Crippen molar-refractivity contribution < 1.29 is 0 Å². The van der Waals surface area contributed by atoms with Gasteiger partial charge in [-0.3, -0.25) is 4.98 Å². The highest BCUT2D eigenvalue weighted by Gasteiger charge is 2.01. The van der Waals surface area contributed by atoms with Gasteiger partial charge in [0.1, 0.15) is 0 Å². The minimum Gasteiger partial charge on any atom is -0.368 e. The second-order valence-corrected chi connectivity index (χ2v) is 5.40. The van der Waals surface area contributed by atoms with Crippen molar-refractivity contribution in [2.24, 2.45) is 5.10 Å². The Morgan fingerprint density at radius 3 is 2.57 bits per heavy atom. The van der Waals surface area contributed by atoms with E-state index in [0.29, 0.717) is 11.8 Å². The average Bonchev–Trinajstić information content (AvgIpc) is 2.91. The molecule has 3 rings (SSSR count). The van der Waals surface area contributed by atoms with Gasteiger partial charge in [-0.2, -0.15) is 5.10 Å². The van der Waals surface area contributed by atoms with Crippen LogP contribution >= 0.6 is 11.6 Å². The van der Waals surface area contributed by atoms with E-state index in [-0.39, 0.29) is 0 Å². The summed E-state index contributed by atoms with van der Waals surface area (Å²) in [5.74, 6) is 0.846. The highest BCUT2D eigenvalue weighted by atomic mass is 35.5. The fourth-order valence-corrected chi connectivity index (χ4v) is 2.30. The number of aromatic nitrogens is 3. The van der Waals surface area contributed by atoms with Crippen LogP contribution in [0.4, 0.5) is 5.95 Å². The highest BCUT2D eigenvalue weighted by molar-refractivity contribution is 6.17. The molecule has 0 unspecified atom stereocenters. The average molecular weight is 326 g/mol. The minimum absolute atomic E-state index is 0.374. The number of hydrogen-bond donors (Lipinski definition) is 1. The predicted molar refractivity (Wildman–Crippen MR) is 93.6 cm³/mol. The van der Waals surface area contributed by atoms with E-state index in [2.05, 4.69) is 15.1 Å². The van der Waals surface area contributed by atoms with Crippen LogP contribution in [0.25, 0.3) is 11.3 Å². The smallest absolute Gasteiger partial charge is 0.221 e. The summed E-state index contributed by atoms with van der Waals surface area (Å²) in [5, 5.41) is 4.30. The molecule has 0 spiro atoms. The van der Waals surface area contributed by atoms with Gasteiger partial charge in [0.2, 0.25) is 5.95 Å².